The summed E-state index contributed by atoms with van der Waals surface area (Å²) in [6.07, 6.45) is 9.48. The van der Waals surface area contributed by atoms with E-state index in [0.717, 1.165) is 24.1 Å². The van der Waals surface area contributed by atoms with E-state index < -0.39 is 0 Å². The van der Waals surface area contributed by atoms with E-state index in [4.69, 9.17) is 5.41 Å². The number of carbonyl (C=O) groups is 1. The highest BCUT2D eigenvalue weighted by Gasteiger charge is 2.19. The molecular weight excluding hydrogens is 250 g/mol. The number of carbonyl (C=O) groups excluding carboxylic acids is 1. The first-order chi connectivity index (χ1) is 9.70. The van der Waals surface area contributed by atoms with E-state index in [1.54, 1.807) is 6.20 Å². The van der Waals surface area contributed by atoms with E-state index in [-0.39, 0.29) is 0 Å². The first kappa shape index (κ1) is 14.7. The predicted octanol–water partition coefficient (Wildman–Crippen LogP) is 3.30. The van der Waals surface area contributed by atoms with Crippen LogP contribution < -0.4 is 0 Å². The highest BCUT2D eigenvalue weighted by Crippen LogP contribution is 2.27. The van der Waals surface area contributed by atoms with Crippen LogP contribution in [0.3, 0.4) is 0 Å². The van der Waals surface area contributed by atoms with Crippen LogP contribution in [0.5, 0.6) is 0 Å². The molecule has 0 radical (unpaired) electrons. The summed E-state index contributed by atoms with van der Waals surface area (Å²) in [7, 11) is 0. The quantitative estimate of drug-likeness (QED) is 0.508. The lowest BCUT2D eigenvalue weighted by Crippen LogP contribution is -2.30. The summed E-state index contributed by atoms with van der Waals surface area (Å²) in [5.41, 5.74) is 1.93. The van der Waals surface area contributed by atoms with Crippen LogP contribution in [-0.2, 0) is 11.3 Å². The number of rotatable bonds is 5. The molecule has 1 aliphatic carbocycles. The summed E-state index contributed by atoms with van der Waals surface area (Å²) < 4.78 is 0. The second kappa shape index (κ2) is 7.17. The van der Waals surface area contributed by atoms with Gasteiger partial charge in [-0.2, -0.15) is 0 Å². The highest BCUT2D eigenvalue weighted by atomic mass is 16.1. The van der Waals surface area contributed by atoms with Crippen molar-refractivity contribution in [1.29, 1.82) is 5.41 Å². The third-order valence-corrected chi connectivity index (χ3v) is 4.14. The summed E-state index contributed by atoms with van der Waals surface area (Å²) in [6, 6.07) is 3.84. The summed E-state index contributed by atoms with van der Waals surface area (Å²) in [6.45, 7) is 2.39. The molecule has 108 valence electrons. The van der Waals surface area contributed by atoms with Gasteiger partial charge in [-0.3, -0.25) is 20.1 Å². The van der Waals surface area contributed by atoms with Gasteiger partial charge in [0, 0.05) is 18.3 Å². The molecule has 1 fully saturated rings. The van der Waals surface area contributed by atoms with Gasteiger partial charge in [0.15, 0.2) is 0 Å². The molecular formula is C16H23N3O. The van der Waals surface area contributed by atoms with E-state index in [1.165, 1.54) is 37.0 Å². The zero-order valence-corrected chi connectivity index (χ0v) is 12.1. The van der Waals surface area contributed by atoms with Crippen LogP contribution in [-0.4, -0.2) is 22.1 Å². The molecule has 0 atom stereocenters. The van der Waals surface area contributed by atoms with Crippen molar-refractivity contribution in [2.24, 2.45) is 5.92 Å². The molecule has 4 heteroatoms. The molecule has 1 aromatic rings. The first-order valence-electron chi connectivity index (χ1n) is 7.40. The van der Waals surface area contributed by atoms with Crippen LogP contribution in [0.2, 0.25) is 0 Å². The van der Waals surface area contributed by atoms with Crippen LogP contribution in [0.1, 0.15) is 49.8 Å². The lowest BCUT2D eigenvalue weighted by molar-refractivity contribution is -0.115. The Morgan fingerprint density at radius 1 is 1.45 bits per heavy atom. The minimum absolute atomic E-state index is 0.440. The zero-order valence-electron chi connectivity index (χ0n) is 12.1. The summed E-state index contributed by atoms with van der Waals surface area (Å²) >= 11 is 0. The molecule has 1 aliphatic rings. The van der Waals surface area contributed by atoms with Gasteiger partial charge in [-0.1, -0.05) is 38.2 Å². The molecule has 2 rings (SSSR count). The van der Waals surface area contributed by atoms with Gasteiger partial charge in [0.1, 0.15) is 5.84 Å². The molecule has 0 saturated heterocycles. The van der Waals surface area contributed by atoms with Gasteiger partial charge in [-0.25, -0.2) is 0 Å². The fourth-order valence-electron chi connectivity index (χ4n) is 2.85. The third kappa shape index (κ3) is 3.89. The fraction of sp³-hybridized carbons (Fsp3) is 0.562. The standard InChI is InChI=1S/C16H23N3O/c1-13-15(8-5-9-18-13)11-19(12-20)16(17)10-14-6-3-2-4-7-14/h5,8-9,12,14,17H,2-4,6-7,10-11H2,1H3. The van der Waals surface area contributed by atoms with Crippen molar-refractivity contribution >= 4 is 12.2 Å². The number of amidine groups is 1. The predicted molar refractivity (Wildman–Crippen MR) is 79.5 cm³/mol. The van der Waals surface area contributed by atoms with Crippen molar-refractivity contribution in [1.82, 2.24) is 9.88 Å². The molecule has 1 aromatic heterocycles. The average molecular weight is 273 g/mol. The molecule has 1 amide bonds. The molecule has 1 saturated carbocycles. The number of nitrogens with zero attached hydrogens (tertiary/aromatic N) is 2. The lowest BCUT2D eigenvalue weighted by atomic mass is 9.86. The van der Waals surface area contributed by atoms with Gasteiger partial charge in [0.25, 0.3) is 0 Å². The SMILES string of the molecule is Cc1ncccc1CN(C=O)C(=N)CC1CCCCC1. The largest absolute Gasteiger partial charge is 0.299 e. The summed E-state index contributed by atoms with van der Waals surface area (Å²) in [4.78, 5) is 17.0. The van der Waals surface area contributed by atoms with Gasteiger partial charge in [-0.15, -0.1) is 0 Å². The van der Waals surface area contributed by atoms with Crippen molar-refractivity contribution in [2.75, 3.05) is 0 Å². The number of aryl methyl sites for hydroxylation is 1. The highest BCUT2D eigenvalue weighted by molar-refractivity contribution is 5.88. The van der Waals surface area contributed by atoms with E-state index in [0.29, 0.717) is 18.3 Å². The average Bonchev–Trinajstić information content (AvgIpc) is 2.47. The number of hydrogen-bond acceptors (Lipinski definition) is 3. The Morgan fingerprint density at radius 3 is 2.85 bits per heavy atom. The van der Waals surface area contributed by atoms with Crippen molar-refractivity contribution in [2.45, 2.75) is 52.0 Å². The van der Waals surface area contributed by atoms with E-state index in [2.05, 4.69) is 4.98 Å². The minimum Gasteiger partial charge on any atom is -0.299 e. The molecule has 0 bridgehead atoms. The summed E-state index contributed by atoms with van der Waals surface area (Å²) in [5.74, 6) is 1.02. The van der Waals surface area contributed by atoms with Crippen LogP contribution in [0.25, 0.3) is 0 Å². The molecule has 0 spiro atoms. The monoisotopic (exact) mass is 273 g/mol. The molecule has 0 aromatic carbocycles. The smallest absolute Gasteiger partial charge is 0.215 e. The van der Waals surface area contributed by atoms with Gasteiger partial charge in [0.2, 0.25) is 6.41 Å². The van der Waals surface area contributed by atoms with Crippen molar-refractivity contribution in [3.63, 3.8) is 0 Å². The van der Waals surface area contributed by atoms with Crippen molar-refractivity contribution < 1.29 is 4.79 Å². The first-order valence-corrected chi connectivity index (χ1v) is 7.40. The van der Waals surface area contributed by atoms with E-state index in [1.807, 2.05) is 19.1 Å². The Morgan fingerprint density at radius 2 is 2.20 bits per heavy atom. The maximum atomic E-state index is 11.3. The second-order valence-corrected chi connectivity index (χ2v) is 5.64. The Balaban J connectivity index is 1.95. The number of amides is 1. The Bertz CT molecular complexity index is 467. The maximum absolute atomic E-state index is 11.3. The fourth-order valence-corrected chi connectivity index (χ4v) is 2.85. The number of pyridine rings is 1. The van der Waals surface area contributed by atoms with Gasteiger partial charge >= 0.3 is 0 Å². The summed E-state index contributed by atoms with van der Waals surface area (Å²) in [5, 5.41) is 8.18. The van der Waals surface area contributed by atoms with Crippen molar-refractivity contribution in [3.8, 4) is 0 Å². The van der Waals surface area contributed by atoms with E-state index >= 15 is 0 Å². The van der Waals surface area contributed by atoms with E-state index in [9.17, 15) is 4.79 Å². The van der Waals surface area contributed by atoms with Crippen LogP contribution in [0, 0.1) is 18.3 Å². The number of nitrogens with one attached hydrogen (secondary N) is 1. The lowest BCUT2D eigenvalue weighted by Gasteiger charge is -2.25. The van der Waals surface area contributed by atoms with Gasteiger partial charge in [0.05, 0.1) is 6.54 Å². The van der Waals surface area contributed by atoms with Crippen LogP contribution in [0.4, 0.5) is 0 Å². The Kier molecular flexibility index (Phi) is 5.27. The third-order valence-electron chi connectivity index (χ3n) is 4.14. The molecule has 4 nitrogen and oxygen atoms in total. The molecule has 0 unspecified atom stereocenters. The van der Waals surface area contributed by atoms with Crippen LogP contribution >= 0.6 is 0 Å². The molecule has 1 N–H and O–H groups in total. The minimum atomic E-state index is 0.440. The number of aromatic nitrogens is 1. The van der Waals surface area contributed by atoms with Gasteiger partial charge < -0.3 is 0 Å². The Hall–Kier alpha value is -1.71. The normalized spacial score (nSPS) is 15.8. The number of hydrogen-bond donors (Lipinski definition) is 1. The molecule has 20 heavy (non-hydrogen) atoms. The maximum Gasteiger partial charge on any atom is 0.215 e. The van der Waals surface area contributed by atoms with Gasteiger partial charge in [-0.05, 0) is 24.5 Å². The molecule has 0 aliphatic heterocycles. The second-order valence-electron chi connectivity index (χ2n) is 5.64. The van der Waals surface area contributed by atoms with Crippen LogP contribution in [0.15, 0.2) is 18.3 Å². The molecule has 1 heterocycles. The Labute approximate surface area is 120 Å². The topological polar surface area (TPSA) is 57.1 Å². The zero-order chi connectivity index (χ0) is 14.4. The van der Waals surface area contributed by atoms with Crippen molar-refractivity contribution in [3.05, 3.63) is 29.6 Å².